The van der Waals surface area contributed by atoms with Crippen LogP contribution in [0.5, 0.6) is 0 Å². The highest BCUT2D eigenvalue weighted by molar-refractivity contribution is 4.75. The Morgan fingerprint density at radius 3 is 2.38 bits per heavy atom. The lowest BCUT2D eigenvalue weighted by Gasteiger charge is -2.22. The first kappa shape index (κ1) is 9.51. The summed E-state index contributed by atoms with van der Waals surface area (Å²) in [6.45, 7) is 1.28. The van der Waals surface area contributed by atoms with Gasteiger partial charge in [-0.1, -0.05) is 32.1 Å². The van der Waals surface area contributed by atoms with Crippen LogP contribution in [0.15, 0.2) is 0 Å². The zero-order valence-corrected chi connectivity index (χ0v) is 8.73. The molecule has 0 spiro atoms. The second kappa shape index (κ2) is 4.99. The first-order valence-electron chi connectivity index (χ1n) is 6.18. The van der Waals surface area contributed by atoms with Gasteiger partial charge in [-0.25, -0.2) is 0 Å². The monoisotopic (exact) mass is 181 g/mol. The third-order valence-corrected chi connectivity index (χ3v) is 3.52. The van der Waals surface area contributed by atoms with E-state index in [0.29, 0.717) is 0 Å². The summed E-state index contributed by atoms with van der Waals surface area (Å²) in [6.07, 6.45) is 13.2. The van der Waals surface area contributed by atoms with Crippen LogP contribution in [0, 0.1) is 5.92 Å². The van der Waals surface area contributed by atoms with E-state index in [9.17, 15) is 0 Å². The SMILES string of the molecule is C1CCC(NCCCC2CC2)CC1. The van der Waals surface area contributed by atoms with Gasteiger partial charge in [-0.05, 0) is 38.1 Å². The minimum Gasteiger partial charge on any atom is -0.314 e. The van der Waals surface area contributed by atoms with Gasteiger partial charge in [0.2, 0.25) is 0 Å². The van der Waals surface area contributed by atoms with Crippen LogP contribution in [0.4, 0.5) is 0 Å². The van der Waals surface area contributed by atoms with E-state index in [0.717, 1.165) is 12.0 Å². The minimum atomic E-state index is 0.868. The van der Waals surface area contributed by atoms with Gasteiger partial charge in [-0.3, -0.25) is 0 Å². The van der Waals surface area contributed by atoms with Crippen molar-refractivity contribution in [3.05, 3.63) is 0 Å². The molecule has 0 aromatic heterocycles. The highest BCUT2D eigenvalue weighted by Crippen LogP contribution is 2.33. The van der Waals surface area contributed by atoms with Crippen LogP contribution in [0.3, 0.4) is 0 Å². The molecular weight excluding hydrogens is 158 g/mol. The number of hydrogen-bond acceptors (Lipinski definition) is 1. The van der Waals surface area contributed by atoms with Crippen LogP contribution < -0.4 is 5.32 Å². The molecule has 0 aliphatic heterocycles. The van der Waals surface area contributed by atoms with Crippen LogP contribution in [-0.4, -0.2) is 12.6 Å². The van der Waals surface area contributed by atoms with Crippen molar-refractivity contribution in [3.8, 4) is 0 Å². The molecule has 0 saturated heterocycles. The van der Waals surface area contributed by atoms with Gasteiger partial charge in [-0.2, -0.15) is 0 Å². The smallest absolute Gasteiger partial charge is 0.00670 e. The molecule has 2 aliphatic carbocycles. The normalized spacial score (nSPS) is 24.9. The van der Waals surface area contributed by atoms with Gasteiger partial charge >= 0.3 is 0 Å². The number of nitrogens with one attached hydrogen (secondary N) is 1. The quantitative estimate of drug-likeness (QED) is 0.643. The summed E-state index contributed by atoms with van der Waals surface area (Å²) in [5.41, 5.74) is 0. The van der Waals surface area contributed by atoms with E-state index in [2.05, 4.69) is 5.32 Å². The Balaban J connectivity index is 1.46. The van der Waals surface area contributed by atoms with Crippen molar-refractivity contribution in [2.24, 2.45) is 5.92 Å². The van der Waals surface area contributed by atoms with Gasteiger partial charge in [0.25, 0.3) is 0 Å². The summed E-state index contributed by atoms with van der Waals surface area (Å²) < 4.78 is 0. The summed E-state index contributed by atoms with van der Waals surface area (Å²) in [6, 6.07) is 0.868. The molecule has 0 aromatic rings. The van der Waals surface area contributed by atoms with Gasteiger partial charge in [0.05, 0.1) is 0 Å². The largest absolute Gasteiger partial charge is 0.314 e. The molecule has 0 unspecified atom stereocenters. The lowest BCUT2D eigenvalue weighted by atomic mass is 9.95. The van der Waals surface area contributed by atoms with E-state index >= 15 is 0 Å². The van der Waals surface area contributed by atoms with Gasteiger partial charge in [-0.15, -0.1) is 0 Å². The van der Waals surface area contributed by atoms with Crippen molar-refractivity contribution in [2.75, 3.05) is 6.54 Å². The van der Waals surface area contributed by atoms with E-state index in [1.165, 1.54) is 64.3 Å². The van der Waals surface area contributed by atoms with Gasteiger partial charge in [0.1, 0.15) is 0 Å². The van der Waals surface area contributed by atoms with Crippen molar-refractivity contribution in [1.29, 1.82) is 0 Å². The van der Waals surface area contributed by atoms with Crippen LogP contribution in [-0.2, 0) is 0 Å². The summed E-state index contributed by atoms with van der Waals surface area (Å²) in [5.74, 6) is 1.12. The Labute approximate surface area is 82.3 Å². The predicted molar refractivity (Wildman–Crippen MR) is 56.8 cm³/mol. The highest BCUT2D eigenvalue weighted by atomic mass is 14.9. The summed E-state index contributed by atoms with van der Waals surface area (Å²) in [5, 5.41) is 3.70. The molecule has 2 rings (SSSR count). The standard InChI is InChI=1S/C12H23N/c1-2-6-12(7-3-1)13-10-4-5-11-8-9-11/h11-13H,1-10H2. The maximum Gasteiger partial charge on any atom is 0.00670 e. The Morgan fingerprint density at radius 2 is 1.69 bits per heavy atom. The van der Waals surface area contributed by atoms with Crippen molar-refractivity contribution in [1.82, 2.24) is 5.32 Å². The van der Waals surface area contributed by atoms with Crippen LogP contribution in [0.2, 0.25) is 0 Å². The lowest BCUT2D eigenvalue weighted by Crippen LogP contribution is -2.31. The Hall–Kier alpha value is -0.0400. The van der Waals surface area contributed by atoms with Crippen LogP contribution >= 0.6 is 0 Å². The predicted octanol–water partition coefficient (Wildman–Crippen LogP) is 3.10. The molecule has 0 bridgehead atoms. The summed E-state index contributed by atoms with van der Waals surface area (Å²) >= 11 is 0. The van der Waals surface area contributed by atoms with E-state index in [-0.39, 0.29) is 0 Å². The molecule has 76 valence electrons. The van der Waals surface area contributed by atoms with Gasteiger partial charge in [0, 0.05) is 6.04 Å². The van der Waals surface area contributed by atoms with Crippen molar-refractivity contribution in [3.63, 3.8) is 0 Å². The Morgan fingerprint density at radius 1 is 0.923 bits per heavy atom. The molecule has 0 aromatic carbocycles. The second-order valence-electron chi connectivity index (χ2n) is 4.87. The molecule has 0 amide bonds. The van der Waals surface area contributed by atoms with Gasteiger partial charge in [0.15, 0.2) is 0 Å². The Bertz CT molecular complexity index is 134. The molecule has 1 N–H and O–H groups in total. The van der Waals surface area contributed by atoms with E-state index in [1.54, 1.807) is 0 Å². The van der Waals surface area contributed by atoms with Crippen molar-refractivity contribution < 1.29 is 0 Å². The topological polar surface area (TPSA) is 12.0 Å². The van der Waals surface area contributed by atoms with Crippen LogP contribution in [0.1, 0.15) is 57.8 Å². The third-order valence-electron chi connectivity index (χ3n) is 3.52. The van der Waals surface area contributed by atoms with E-state index < -0.39 is 0 Å². The fraction of sp³-hybridized carbons (Fsp3) is 1.00. The van der Waals surface area contributed by atoms with Crippen LogP contribution in [0.25, 0.3) is 0 Å². The van der Waals surface area contributed by atoms with Crippen molar-refractivity contribution >= 4 is 0 Å². The summed E-state index contributed by atoms with van der Waals surface area (Å²) in [4.78, 5) is 0. The molecule has 1 heteroatoms. The van der Waals surface area contributed by atoms with E-state index in [1.807, 2.05) is 0 Å². The molecule has 0 atom stereocenters. The lowest BCUT2D eigenvalue weighted by molar-refractivity contribution is 0.369. The third kappa shape index (κ3) is 3.68. The fourth-order valence-corrected chi connectivity index (χ4v) is 2.41. The summed E-state index contributed by atoms with van der Waals surface area (Å²) in [7, 11) is 0. The number of rotatable bonds is 5. The maximum atomic E-state index is 3.70. The average Bonchev–Trinajstić information content (AvgIpc) is 2.98. The van der Waals surface area contributed by atoms with Gasteiger partial charge < -0.3 is 5.32 Å². The maximum absolute atomic E-state index is 3.70. The highest BCUT2D eigenvalue weighted by Gasteiger charge is 2.20. The molecular formula is C12H23N. The molecule has 0 heterocycles. The molecule has 2 aliphatic rings. The first-order valence-corrected chi connectivity index (χ1v) is 6.18. The average molecular weight is 181 g/mol. The van der Waals surface area contributed by atoms with Crippen molar-refractivity contribution in [2.45, 2.75) is 63.8 Å². The Kier molecular flexibility index (Phi) is 3.65. The molecule has 2 saturated carbocycles. The first-order chi connectivity index (χ1) is 6.45. The molecule has 1 nitrogen and oxygen atoms in total. The second-order valence-corrected chi connectivity index (χ2v) is 4.87. The zero-order valence-electron chi connectivity index (χ0n) is 8.73. The molecule has 13 heavy (non-hydrogen) atoms. The molecule has 0 radical (unpaired) electrons. The number of hydrogen-bond donors (Lipinski definition) is 1. The minimum absolute atomic E-state index is 0.868. The van der Waals surface area contributed by atoms with E-state index in [4.69, 9.17) is 0 Å². The fourth-order valence-electron chi connectivity index (χ4n) is 2.41. The molecule has 2 fully saturated rings. The zero-order chi connectivity index (χ0) is 8.93.